The number of methoxy groups -OCH3 is 2. The molecule has 0 unspecified atom stereocenters. The van der Waals surface area contributed by atoms with Gasteiger partial charge in [-0.3, -0.25) is 9.59 Å². The van der Waals surface area contributed by atoms with Crippen molar-refractivity contribution in [3.63, 3.8) is 0 Å². The van der Waals surface area contributed by atoms with Gasteiger partial charge in [0.2, 0.25) is 5.91 Å². The third-order valence-electron chi connectivity index (χ3n) is 6.09. The van der Waals surface area contributed by atoms with Crippen LogP contribution < -0.4 is 14.8 Å². The van der Waals surface area contributed by atoms with E-state index in [1.54, 1.807) is 43.4 Å². The Kier molecular flexibility index (Phi) is 6.93. The molecule has 170 valence electrons. The number of ether oxygens (including phenoxy) is 2. The summed E-state index contributed by atoms with van der Waals surface area (Å²) in [4.78, 5) is 28.3. The molecule has 1 N–H and O–H groups in total. The van der Waals surface area contributed by atoms with Crippen LogP contribution in [0.4, 0.5) is 0 Å². The van der Waals surface area contributed by atoms with E-state index in [0.717, 1.165) is 16.9 Å². The average molecular weight is 445 g/mol. The molecule has 0 aromatic heterocycles. The SMILES string of the molecule is COc1cccc(C(=O)N2C[C@H](C(=O)NCc3ccccc3)[C@H](c3cccc(OC)c3)C2)c1. The normalized spacial score (nSPS) is 17.5. The fraction of sp³-hybridized carbons (Fsp3) is 0.259. The van der Waals surface area contributed by atoms with E-state index >= 15 is 0 Å². The van der Waals surface area contributed by atoms with Gasteiger partial charge in [-0.2, -0.15) is 0 Å². The van der Waals surface area contributed by atoms with Crippen LogP contribution in [-0.2, 0) is 11.3 Å². The smallest absolute Gasteiger partial charge is 0.254 e. The molecule has 6 nitrogen and oxygen atoms in total. The van der Waals surface area contributed by atoms with Gasteiger partial charge in [-0.25, -0.2) is 0 Å². The van der Waals surface area contributed by atoms with Gasteiger partial charge in [0, 0.05) is 31.1 Å². The molecule has 1 aliphatic heterocycles. The number of amides is 2. The molecule has 4 rings (SSSR count). The standard InChI is InChI=1S/C27H28N2O4/c1-32-22-12-6-10-20(14-22)24-17-29(27(31)21-11-7-13-23(15-21)33-2)18-25(24)26(30)28-16-19-8-4-3-5-9-19/h3-15,24-25H,16-18H2,1-2H3,(H,28,30)/t24-,25-/m0/s1. The number of nitrogens with zero attached hydrogens (tertiary/aromatic N) is 1. The van der Waals surface area contributed by atoms with E-state index in [4.69, 9.17) is 9.47 Å². The first-order valence-electron chi connectivity index (χ1n) is 11.0. The molecule has 1 heterocycles. The van der Waals surface area contributed by atoms with Crippen LogP contribution in [0.25, 0.3) is 0 Å². The van der Waals surface area contributed by atoms with Crippen molar-refractivity contribution in [3.05, 3.63) is 95.6 Å². The maximum absolute atomic E-state index is 13.3. The van der Waals surface area contributed by atoms with Crippen LogP contribution in [0, 0.1) is 5.92 Å². The zero-order chi connectivity index (χ0) is 23.2. The summed E-state index contributed by atoms with van der Waals surface area (Å²) in [5.74, 6) is 0.684. The summed E-state index contributed by atoms with van der Waals surface area (Å²) >= 11 is 0. The molecule has 2 atom stereocenters. The predicted molar refractivity (Wildman–Crippen MR) is 126 cm³/mol. The second-order valence-corrected chi connectivity index (χ2v) is 8.14. The number of carbonyl (C=O) groups excluding carboxylic acids is 2. The topological polar surface area (TPSA) is 67.9 Å². The van der Waals surface area contributed by atoms with E-state index in [-0.39, 0.29) is 23.7 Å². The lowest BCUT2D eigenvalue weighted by Crippen LogP contribution is -2.35. The third-order valence-corrected chi connectivity index (χ3v) is 6.09. The second kappa shape index (κ2) is 10.2. The molecular weight excluding hydrogens is 416 g/mol. The summed E-state index contributed by atoms with van der Waals surface area (Å²) in [7, 11) is 3.20. The highest BCUT2D eigenvalue weighted by molar-refractivity contribution is 5.95. The molecule has 1 fully saturated rings. The zero-order valence-corrected chi connectivity index (χ0v) is 18.9. The zero-order valence-electron chi connectivity index (χ0n) is 18.9. The molecule has 2 amide bonds. The lowest BCUT2D eigenvalue weighted by molar-refractivity contribution is -0.125. The summed E-state index contributed by atoms with van der Waals surface area (Å²) in [5.41, 5.74) is 2.56. The highest BCUT2D eigenvalue weighted by Crippen LogP contribution is 2.35. The molecule has 0 bridgehead atoms. The van der Waals surface area contributed by atoms with Crippen molar-refractivity contribution in [2.24, 2.45) is 5.92 Å². The van der Waals surface area contributed by atoms with Crippen molar-refractivity contribution in [1.82, 2.24) is 10.2 Å². The van der Waals surface area contributed by atoms with E-state index in [2.05, 4.69) is 5.32 Å². The third kappa shape index (κ3) is 5.17. The Hall–Kier alpha value is -3.80. The molecule has 1 saturated heterocycles. The van der Waals surface area contributed by atoms with Gasteiger partial charge < -0.3 is 19.7 Å². The van der Waals surface area contributed by atoms with Crippen LogP contribution >= 0.6 is 0 Å². The quantitative estimate of drug-likeness (QED) is 0.601. The summed E-state index contributed by atoms with van der Waals surface area (Å²) in [6, 6.07) is 24.6. The molecular formula is C27H28N2O4. The number of hydrogen-bond donors (Lipinski definition) is 1. The summed E-state index contributed by atoms with van der Waals surface area (Å²) in [5, 5.41) is 3.06. The van der Waals surface area contributed by atoms with Gasteiger partial charge in [0.1, 0.15) is 11.5 Å². The summed E-state index contributed by atoms with van der Waals surface area (Å²) < 4.78 is 10.7. The molecule has 1 aliphatic rings. The highest BCUT2D eigenvalue weighted by Gasteiger charge is 2.40. The Bertz CT molecular complexity index is 1120. The van der Waals surface area contributed by atoms with Gasteiger partial charge in [0.05, 0.1) is 20.1 Å². The van der Waals surface area contributed by atoms with Crippen LogP contribution in [0.1, 0.15) is 27.4 Å². The average Bonchev–Trinajstić information content (AvgIpc) is 3.33. The molecule has 0 radical (unpaired) electrons. The van der Waals surface area contributed by atoms with Crippen LogP contribution in [-0.4, -0.2) is 44.0 Å². The van der Waals surface area contributed by atoms with Gasteiger partial charge in [0.15, 0.2) is 0 Å². The predicted octanol–water partition coefficient (Wildman–Crippen LogP) is 3.88. The molecule has 0 spiro atoms. The highest BCUT2D eigenvalue weighted by atomic mass is 16.5. The molecule has 3 aromatic carbocycles. The molecule has 0 aliphatic carbocycles. The second-order valence-electron chi connectivity index (χ2n) is 8.14. The van der Waals surface area contributed by atoms with Crippen molar-refractivity contribution in [1.29, 1.82) is 0 Å². The van der Waals surface area contributed by atoms with Crippen molar-refractivity contribution in [3.8, 4) is 11.5 Å². The lowest BCUT2D eigenvalue weighted by atomic mass is 9.88. The maximum atomic E-state index is 13.3. The van der Waals surface area contributed by atoms with E-state index in [1.165, 1.54) is 0 Å². The van der Waals surface area contributed by atoms with Gasteiger partial charge in [0.25, 0.3) is 5.91 Å². The first-order chi connectivity index (χ1) is 16.1. The Morgan fingerprint density at radius 3 is 2.30 bits per heavy atom. The Morgan fingerprint density at radius 2 is 1.58 bits per heavy atom. The van der Waals surface area contributed by atoms with E-state index in [9.17, 15) is 9.59 Å². The molecule has 3 aromatic rings. The van der Waals surface area contributed by atoms with Gasteiger partial charge in [-0.1, -0.05) is 48.5 Å². The number of benzene rings is 3. The van der Waals surface area contributed by atoms with Crippen molar-refractivity contribution in [2.45, 2.75) is 12.5 Å². The van der Waals surface area contributed by atoms with Crippen molar-refractivity contribution < 1.29 is 19.1 Å². The monoisotopic (exact) mass is 444 g/mol. The van der Waals surface area contributed by atoms with E-state index < -0.39 is 0 Å². The number of rotatable bonds is 7. The van der Waals surface area contributed by atoms with Crippen LogP contribution in [0.5, 0.6) is 11.5 Å². The number of carbonyl (C=O) groups is 2. The van der Waals surface area contributed by atoms with Gasteiger partial charge in [-0.15, -0.1) is 0 Å². The van der Waals surface area contributed by atoms with E-state index in [0.29, 0.717) is 30.9 Å². The van der Waals surface area contributed by atoms with Crippen LogP contribution in [0.15, 0.2) is 78.9 Å². The number of nitrogens with one attached hydrogen (secondary N) is 1. The summed E-state index contributed by atoms with van der Waals surface area (Å²) in [6.07, 6.45) is 0. The lowest BCUT2D eigenvalue weighted by Gasteiger charge is -2.18. The van der Waals surface area contributed by atoms with Gasteiger partial charge >= 0.3 is 0 Å². The Morgan fingerprint density at radius 1 is 0.879 bits per heavy atom. The molecule has 33 heavy (non-hydrogen) atoms. The first kappa shape index (κ1) is 22.4. The summed E-state index contributed by atoms with van der Waals surface area (Å²) in [6.45, 7) is 1.25. The van der Waals surface area contributed by atoms with Crippen LogP contribution in [0.3, 0.4) is 0 Å². The number of likely N-dealkylation sites (tertiary alicyclic amines) is 1. The Balaban J connectivity index is 1.57. The molecule has 0 saturated carbocycles. The maximum Gasteiger partial charge on any atom is 0.254 e. The Labute approximate surface area is 194 Å². The largest absolute Gasteiger partial charge is 0.497 e. The first-order valence-corrected chi connectivity index (χ1v) is 11.0. The minimum absolute atomic E-state index is 0.0624. The number of hydrogen-bond acceptors (Lipinski definition) is 4. The van der Waals surface area contributed by atoms with E-state index in [1.807, 2.05) is 54.6 Å². The van der Waals surface area contributed by atoms with Crippen molar-refractivity contribution >= 4 is 11.8 Å². The fourth-order valence-corrected chi connectivity index (χ4v) is 4.30. The molecule has 6 heteroatoms. The fourth-order valence-electron chi connectivity index (χ4n) is 4.30. The minimum Gasteiger partial charge on any atom is -0.497 e. The van der Waals surface area contributed by atoms with Gasteiger partial charge in [-0.05, 0) is 41.5 Å². The van der Waals surface area contributed by atoms with Crippen LogP contribution in [0.2, 0.25) is 0 Å². The van der Waals surface area contributed by atoms with Crippen molar-refractivity contribution in [2.75, 3.05) is 27.3 Å². The minimum atomic E-state index is -0.365.